The van der Waals surface area contributed by atoms with Crippen LogP contribution in [0.4, 0.5) is 0 Å². The van der Waals surface area contributed by atoms with Crippen LogP contribution in [0.2, 0.25) is 0 Å². The molecule has 4 heteroatoms. The number of aliphatic hydroxyl groups excluding tert-OH is 1. The molecule has 1 aromatic rings. The van der Waals surface area contributed by atoms with E-state index in [0.29, 0.717) is 5.92 Å². The highest BCUT2D eigenvalue weighted by molar-refractivity contribution is 8.00. The third-order valence-electron chi connectivity index (χ3n) is 3.85. The summed E-state index contributed by atoms with van der Waals surface area (Å²) in [6, 6.07) is 10.1. The van der Waals surface area contributed by atoms with Crippen molar-refractivity contribution in [2.45, 2.75) is 36.3 Å². The summed E-state index contributed by atoms with van der Waals surface area (Å²) in [6.07, 6.45) is 2.70. The fraction of sp³-hybridized carbons (Fsp3) is 0.562. The maximum Gasteiger partial charge on any atom is 0.236 e. The van der Waals surface area contributed by atoms with Gasteiger partial charge in [-0.2, -0.15) is 0 Å². The van der Waals surface area contributed by atoms with Crippen LogP contribution in [0, 0.1) is 5.92 Å². The Morgan fingerprint density at radius 3 is 2.55 bits per heavy atom. The van der Waals surface area contributed by atoms with Crippen LogP contribution in [0.25, 0.3) is 0 Å². The molecule has 1 aromatic carbocycles. The zero-order valence-electron chi connectivity index (χ0n) is 12.0. The molecular formula is C16H23NO2S. The second-order valence-electron chi connectivity index (χ2n) is 5.28. The Hall–Kier alpha value is -1.00. The van der Waals surface area contributed by atoms with E-state index in [1.54, 1.807) is 11.8 Å². The molecule has 1 saturated heterocycles. The minimum Gasteiger partial charge on any atom is -0.396 e. The molecule has 1 atom stereocenters. The third-order valence-corrected chi connectivity index (χ3v) is 5.22. The normalized spacial score (nSPS) is 18.0. The number of carbonyl (C=O) groups is 1. The largest absolute Gasteiger partial charge is 0.396 e. The number of thioether (sulfide) groups is 1. The topological polar surface area (TPSA) is 40.5 Å². The molecule has 1 N–H and O–H groups in total. The molecule has 20 heavy (non-hydrogen) atoms. The molecule has 1 aliphatic rings. The zero-order chi connectivity index (χ0) is 14.4. The van der Waals surface area contributed by atoms with Gasteiger partial charge in [-0.3, -0.25) is 4.79 Å². The number of nitrogens with zero attached hydrogens (tertiary/aromatic N) is 1. The van der Waals surface area contributed by atoms with Crippen LogP contribution in [-0.4, -0.2) is 40.9 Å². The molecule has 1 aliphatic heterocycles. The van der Waals surface area contributed by atoms with Crippen LogP contribution < -0.4 is 0 Å². The van der Waals surface area contributed by atoms with E-state index in [9.17, 15) is 4.79 Å². The standard InChI is InChI=1S/C16H23NO2S/c1-2-15(20-14-6-4-3-5-7-14)16(19)17-10-8-13(12-18)9-11-17/h3-7,13,15,18H,2,8-12H2,1H3. The maximum atomic E-state index is 12.6. The monoisotopic (exact) mass is 293 g/mol. The van der Waals surface area contributed by atoms with E-state index in [4.69, 9.17) is 5.11 Å². The fourth-order valence-corrected chi connectivity index (χ4v) is 3.57. The Morgan fingerprint density at radius 2 is 2.00 bits per heavy atom. The summed E-state index contributed by atoms with van der Waals surface area (Å²) in [5.74, 6) is 0.624. The van der Waals surface area contributed by atoms with Gasteiger partial charge in [-0.15, -0.1) is 11.8 Å². The van der Waals surface area contributed by atoms with Gasteiger partial charge in [0, 0.05) is 24.6 Å². The van der Waals surface area contributed by atoms with E-state index in [1.165, 1.54) is 0 Å². The Morgan fingerprint density at radius 1 is 1.35 bits per heavy atom. The minimum absolute atomic E-state index is 0.00285. The van der Waals surface area contributed by atoms with Crippen molar-refractivity contribution in [3.05, 3.63) is 30.3 Å². The molecule has 0 saturated carbocycles. The summed E-state index contributed by atoms with van der Waals surface area (Å²) in [7, 11) is 0. The second-order valence-corrected chi connectivity index (χ2v) is 6.56. The van der Waals surface area contributed by atoms with Crippen LogP contribution in [-0.2, 0) is 4.79 Å². The molecule has 0 bridgehead atoms. The first-order valence-corrected chi connectivity index (χ1v) is 8.24. The van der Waals surface area contributed by atoms with E-state index in [-0.39, 0.29) is 17.8 Å². The lowest BCUT2D eigenvalue weighted by Gasteiger charge is -2.33. The van der Waals surface area contributed by atoms with Crippen molar-refractivity contribution in [2.75, 3.05) is 19.7 Å². The van der Waals surface area contributed by atoms with Crippen molar-refractivity contribution in [3.63, 3.8) is 0 Å². The molecule has 1 heterocycles. The molecule has 1 unspecified atom stereocenters. The van der Waals surface area contributed by atoms with Gasteiger partial charge in [0.25, 0.3) is 0 Å². The fourth-order valence-electron chi connectivity index (χ4n) is 2.51. The SMILES string of the molecule is CCC(Sc1ccccc1)C(=O)N1CCC(CO)CC1. The Labute approximate surface area is 125 Å². The molecule has 2 rings (SSSR count). The van der Waals surface area contributed by atoms with Crippen LogP contribution in [0.15, 0.2) is 35.2 Å². The Bertz CT molecular complexity index is 416. The number of likely N-dealkylation sites (tertiary alicyclic amines) is 1. The smallest absolute Gasteiger partial charge is 0.236 e. The number of aliphatic hydroxyl groups is 1. The first-order valence-electron chi connectivity index (χ1n) is 7.36. The van der Waals surface area contributed by atoms with Crippen molar-refractivity contribution < 1.29 is 9.90 Å². The van der Waals surface area contributed by atoms with Gasteiger partial charge in [-0.05, 0) is 37.3 Å². The molecular weight excluding hydrogens is 270 g/mol. The minimum atomic E-state index is 0.00285. The number of amides is 1. The second kappa shape index (κ2) is 7.70. The molecule has 3 nitrogen and oxygen atoms in total. The zero-order valence-corrected chi connectivity index (χ0v) is 12.8. The van der Waals surface area contributed by atoms with Gasteiger partial charge in [-0.1, -0.05) is 25.1 Å². The average Bonchev–Trinajstić information content (AvgIpc) is 2.53. The van der Waals surface area contributed by atoms with Gasteiger partial charge in [0.2, 0.25) is 5.91 Å². The Kier molecular flexibility index (Phi) is 5.92. The van der Waals surface area contributed by atoms with Gasteiger partial charge in [0.1, 0.15) is 0 Å². The van der Waals surface area contributed by atoms with Gasteiger partial charge in [0.15, 0.2) is 0 Å². The van der Waals surface area contributed by atoms with Gasteiger partial charge in [0.05, 0.1) is 5.25 Å². The lowest BCUT2D eigenvalue weighted by atomic mass is 9.97. The molecule has 0 radical (unpaired) electrons. The first kappa shape index (κ1) is 15.4. The van der Waals surface area contributed by atoms with Gasteiger partial charge < -0.3 is 10.0 Å². The first-order chi connectivity index (χ1) is 9.74. The number of hydrogen-bond donors (Lipinski definition) is 1. The number of benzene rings is 1. The number of carbonyl (C=O) groups excluding carboxylic acids is 1. The van der Waals surface area contributed by atoms with Crippen LogP contribution in [0.1, 0.15) is 26.2 Å². The highest BCUT2D eigenvalue weighted by Gasteiger charge is 2.27. The van der Waals surface area contributed by atoms with Gasteiger partial charge in [-0.25, -0.2) is 0 Å². The summed E-state index contributed by atoms with van der Waals surface area (Å²) in [4.78, 5) is 15.7. The summed E-state index contributed by atoms with van der Waals surface area (Å²) < 4.78 is 0. The van der Waals surface area contributed by atoms with Crippen LogP contribution in [0.5, 0.6) is 0 Å². The molecule has 1 fully saturated rings. The van der Waals surface area contributed by atoms with Crippen molar-refractivity contribution in [1.29, 1.82) is 0 Å². The highest BCUT2D eigenvalue weighted by atomic mass is 32.2. The maximum absolute atomic E-state index is 12.6. The van der Waals surface area contributed by atoms with Crippen molar-refractivity contribution in [1.82, 2.24) is 4.90 Å². The van der Waals surface area contributed by atoms with Crippen LogP contribution in [0.3, 0.4) is 0 Å². The highest BCUT2D eigenvalue weighted by Crippen LogP contribution is 2.28. The van der Waals surface area contributed by atoms with Gasteiger partial charge >= 0.3 is 0 Å². The number of hydrogen-bond acceptors (Lipinski definition) is 3. The number of rotatable bonds is 5. The molecule has 1 amide bonds. The Balaban J connectivity index is 1.92. The quantitative estimate of drug-likeness (QED) is 0.849. The lowest BCUT2D eigenvalue weighted by Crippen LogP contribution is -2.43. The summed E-state index contributed by atoms with van der Waals surface area (Å²) in [5, 5.41) is 9.16. The van der Waals surface area contributed by atoms with E-state index >= 15 is 0 Å². The molecule has 0 aliphatic carbocycles. The average molecular weight is 293 g/mol. The van der Waals surface area contributed by atoms with E-state index in [0.717, 1.165) is 37.2 Å². The summed E-state index contributed by atoms with van der Waals surface area (Å²) in [6.45, 7) is 3.89. The molecule has 0 aromatic heterocycles. The van der Waals surface area contributed by atoms with Crippen molar-refractivity contribution in [3.8, 4) is 0 Å². The van der Waals surface area contributed by atoms with Crippen LogP contribution >= 0.6 is 11.8 Å². The summed E-state index contributed by atoms with van der Waals surface area (Å²) >= 11 is 1.66. The predicted octanol–water partition coefficient (Wildman–Crippen LogP) is 2.79. The number of piperidine rings is 1. The van der Waals surface area contributed by atoms with E-state index in [2.05, 4.69) is 19.1 Å². The predicted molar refractivity (Wildman–Crippen MR) is 82.8 cm³/mol. The van der Waals surface area contributed by atoms with E-state index in [1.807, 2.05) is 23.1 Å². The molecule has 0 spiro atoms. The summed E-state index contributed by atoms with van der Waals surface area (Å²) in [5.41, 5.74) is 0. The third kappa shape index (κ3) is 4.00. The van der Waals surface area contributed by atoms with Crippen molar-refractivity contribution in [2.24, 2.45) is 5.92 Å². The van der Waals surface area contributed by atoms with E-state index < -0.39 is 0 Å². The lowest BCUT2D eigenvalue weighted by molar-refractivity contribution is -0.132. The van der Waals surface area contributed by atoms with Crippen molar-refractivity contribution >= 4 is 17.7 Å². The molecule has 110 valence electrons.